The molecule has 100 valence electrons. The average molecular weight is 281 g/mol. The lowest BCUT2D eigenvalue weighted by atomic mass is 10.2. The van der Waals surface area contributed by atoms with Crippen LogP contribution in [0.4, 0.5) is 15.8 Å². The van der Waals surface area contributed by atoms with Crippen LogP contribution in [0.25, 0.3) is 0 Å². The Morgan fingerprint density at radius 2 is 2.21 bits per heavy atom. The summed E-state index contributed by atoms with van der Waals surface area (Å²) < 4.78 is 13.6. The van der Waals surface area contributed by atoms with Crippen LogP contribution in [-0.4, -0.2) is 9.91 Å². The molecule has 1 N–H and O–H groups in total. The van der Waals surface area contributed by atoms with Gasteiger partial charge in [0.25, 0.3) is 5.69 Å². The summed E-state index contributed by atoms with van der Waals surface area (Å²) in [6.07, 6.45) is 0. The maximum absolute atomic E-state index is 13.6. The fraction of sp³-hybridized carbons (Fsp3) is 0.250. The number of benzene rings is 1. The number of thiazole rings is 1. The maximum Gasteiger partial charge on any atom is 0.272 e. The van der Waals surface area contributed by atoms with E-state index in [9.17, 15) is 14.5 Å². The molecule has 0 aliphatic carbocycles. The molecule has 0 saturated heterocycles. The summed E-state index contributed by atoms with van der Waals surface area (Å²) in [5.41, 5.74) is 0.833. The molecule has 5 nitrogen and oxygen atoms in total. The number of hydrogen-bond acceptors (Lipinski definition) is 5. The SMILES string of the molecule is Cc1nc(CNc2ccc([N+](=O)[O-])cc2F)c(C)s1. The van der Waals surface area contributed by atoms with E-state index >= 15 is 0 Å². The molecule has 19 heavy (non-hydrogen) atoms. The average Bonchev–Trinajstić information content (AvgIpc) is 2.66. The number of anilines is 1. The van der Waals surface area contributed by atoms with Crippen molar-refractivity contribution in [3.8, 4) is 0 Å². The van der Waals surface area contributed by atoms with E-state index in [1.165, 1.54) is 12.1 Å². The highest BCUT2D eigenvalue weighted by molar-refractivity contribution is 7.11. The van der Waals surface area contributed by atoms with Gasteiger partial charge in [0.2, 0.25) is 0 Å². The first-order chi connectivity index (χ1) is 8.97. The summed E-state index contributed by atoms with van der Waals surface area (Å²) in [6.45, 7) is 4.26. The Bertz CT molecular complexity index is 627. The molecular weight excluding hydrogens is 269 g/mol. The third kappa shape index (κ3) is 3.05. The largest absolute Gasteiger partial charge is 0.377 e. The Hall–Kier alpha value is -2.02. The van der Waals surface area contributed by atoms with Gasteiger partial charge in [-0.2, -0.15) is 0 Å². The van der Waals surface area contributed by atoms with Crippen molar-refractivity contribution in [2.45, 2.75) is 20.4 Å². The summed E-state index contributed by atoms with van der Waals surface area (Å²) >= 11 is 1.58. The Kier molecular flexibility index (Phi) is 3.75. The van der Waals surface area contributed by atoms with Crippen LogP contribution in [0.2, 0.25) is 0 Å². The molecule has 0 fully saturated rings. The van der Waals surface area contributed by atoms with Crippen molar-refractivity contribution in [2.24, 2.45) is 0 Å². The molecule has 7 heteroatoms. The number of nitro benzene ring substituents is 1. The summed E-state index contributed by atoms with van der Waals surface area (Å²) in [5.74, 6) is -0.640. The standard InChI is InChI=1S/C12H12FN3O2S/c1-7-12(15-8(2)19-7)6-14-11-4-3-9(16(17)18)5-10(11)13/h3-5,14H,6H2,1-2H3. The van der Waals surface area contributed by atoms with Gasteiger partial charge in [-0.3, -0.25) is 10.1 Å². The van der Waals surface area contributed by atoms with Gasteiger partial charge >= 0.3 is 0 Å². The lowest BCUT2D eigenvalue weighted by Gasteiger charge is -2.06. The normalized spacial score (nSPS) is 10.5. The summed E-state index contributed by atoms with van der Waals surface area (Å²) in [5, 5.41) is 14.4. The number of aromatic nitrogens is 1. The zero-order chi connectivity index (χ0) is 14.0. The van der Waals surface area contributed by atoms with Gasteiger partial charge in [0, 0.05) is 10.9 Å². The number of nitro groups is 1. The molecular formula is C12H12FN3O2S. The predicted molar refractivity (Wildman–Crippen MR) is 72.0 cm³/mol. The lowest BCUT2D eigenvalue weighted by Crippen LogP contribution is -2.03. The second kappa shape index (κ2) is 5.31. The van der Waals surface area contributed by atoms with Gasteiger partial charge in [0.15, 0.2) is 5.82 Å². The van der Waals surface area contributed by atoms with Gasteiger partial charge in [-0.1, -0.05) is 0 Å². The fourth-order valence-electron chi connectivity index (χ4n) is 1.68. The topological polar surface area (TPSA) is 68.1 Å². The van der Waals surface area contributed by atoms with E-state index in [2.05, 4.69) is 10.3 Å². The number of hydrogen-bond donors (Lipinski definition) is 1. The zero-order valence-electron chi connectivity index (χ0n) is 10.4. The maximum atomic E-state index is 13.6. The summed E-state index contributed by atoms with van der Waals surface area (Å²) in [6, 6.07) is 3.54. The molecule has 0 saturated carbocycles. The van der Waals surface area contributed by atoms with E-state index in [-0.39, 0.29) is 11.4 Å². The minimum atomic E-state index is -0.640. The van der Waals surface area contributed by atoms with Crippen LogP contribution in [-0.2, 0) is 6.54 Å². The highest BCUT2D eigenvalue weighted by atomic mass is 32.1. The molecule has 0 radical (unpaired) electrons. The number of aryl methyl sites for hydroxylation is 2. The van der Waals surface area contributed by atoms with Crippen LogP contribution in [0.3, 0.4) is 0 Å². The van der Waals surface area contributed by atoms with E-state index in [1.54, 1.807) is 11.3 Å². The van der Waals surface area contributed by atoms with Crippen LogP contribution < -0.4 is 5.32 Å². The minimum absolute atomic E-state index is 0.232. The number of halogens is 1. The van der Waals surface area contributed by atoms with E-state index < -0.39 is 10.7 Å². The predicted octanol–water partition coefficient (Wildman–Crippen LogP) is 3.42. The molecule has 0 bridgehead atoms. The first kappa shape index (κ1) is 13.4. The van der Waals surface area contributed by atoms with Gasteiger partial charge < -0.3 is 5.32 Å². The lowest BCUT2D eigenvalue weighted by molar-refractivity contribution is -0.385. The summed E-state index contributed by atoms with van der Waals surface area (Å²) in [4.78, 5) is 15.3. The first-order valence-electron chi connectivity index (χ1n) is 5.58. The highest BCUT2D eigenvalue weighted by Crippen LogP contribution is 2.22. The van der Waals surface area contributed by atoms with Crippen molar-refractivity contribution in [2.75, 3.05) is 5.32 Å². The quantitative estimate of drug-likeness (QED) is 0.688. The van der Waals surface area contributed by atoms with Crippen LogP contribution in [0.1, 0.15) is 15.6 Å². The Balaban J connectivity index is 2.12. The molecule has 0 amide bonds. The third-order valence-electron chi connectivity index (χ3n) is 2.61. The third-order valence-corrected chi connectivity index (χ3v) is 3.54. The number of nitrogens with zero attached hydrogens (tertiary/aromatic N) is 2. The second-order valence-corrected chi connectivity index (χ2v) is 5.42. The van der Waals surface area contributed by atoms with Crippen LogP contribution in [0, 0.1) is 29.8 Å². The molecule has 0 aliphatic heterocycles. The molecule has 0 atom stereocenters. The second-order valence-electron chi connectivity index (χ2n) is 4.01. The molecule has 0 aliphatic rings. The van der Waals surface area contributed by atoms with E-state index in [0.717, 1.165) is 21.6 Å². The molecule has 0 spiro atoms. The minimum Gasteiger partial charge on any atom is -0.377 e. The first-order valence-corrected chi connectivity index (χ1v) is 6.39. The Morgan fingerprint density at radius 3 is 2.74 bits per heavy atom. The zero-order valence-corrected chi connectivity index (χ0v) is 11.3. The van der Waals surface area contributed by atoms with Crippen molar-refractivity contribution in [3.05, 3.63) is 49.7 Å². The Morgan fingerprint density at radius 1 is 1.47 bits per heavy atom. The number of nitrogens with one attached hydrogen (secondary N) is 1. The molecule has 2 rings (SSSR count). The Labute approximate surface area is 113 Å². The smallest absolute Gasteiger partial charge is 0.272 e. The molecule has 1 heterocycles. The van der Waals surface area contributed by atoms with Crippen LogP contribution in [0.5, 0.6) is 0 Å². The fourth-order valence-corrected chi connectivity index (χ4v) is 2.51. The van der Waals surface area contributed by atoms with E-state index in [1.807, 2.05) is 13.8 Å². The van der Waals surface area contributed by atoms with Crippen molar-refractivity contribution in [3.63, 3.8) is 0 Å². The van der Waals surface area contributed by atoms with E-state index in [4.69, 9.17) is 0 Å². The van der Waals surface area contributed by atoms with Crippen molar-refractivity contribution in [1.82, 2.24) is 4.98 Å². The monoisotopic (exact) mass is 281 g/mol. The van der Waals surface area contributed by atoms with Gasteiger partial charge in [-0.25, -0.2) is 9.37 Å². The molecule has 1 aromatic carbocycles. The van der Waals surface area contributed by atoms with Gasteiger partial charge in [-0.15, -0.1) is 11.3 Å². The van der Waals surface area contributed by atoms with Crippen molar-refractivity contribution < 1.29 is 9.31 Å². The van der Waals surface area contributed by atoms with Gasteiger partial charge in [0.1, 0.15) is 0 Å². The molecule has 2 aromatic rings. The molecule has 1 aromatic heterocycles. The van der Waals surface area contributed by atoms with Crippen LogP contribution >= 0.6 is 11.3 Å². The number of non-ortho nitro benzene ring substituents is 1. The molecule has 0 unspecified atom stereocenters. The highest BCUT2D eigenvalue weighted by Gasteiger charge is 2.11. The van der Waals surface area contributed by atoms with Gasteiger partial charge in [-0.05, 0) is 19.9 Å². The van der Waals surface area contributed by atoms with Crippen molar-refractivity contribution in [1.29, 1.82) is 0 Å². The number of rotatable bonds is 4. The van der Waals surface area contributed by atoms with Crippen molar-refractivity contribution >= 4 is 22.7 Å². The van der Waals surface area contributed by atoms with E-state index in [0.29, 0.717) is 6.54 Å². The van der Waals surface area contributed by atoms with Gasteiger partial charge in [0.05, 0.1) is 33.9 Å². The van der Waals surface area contributed by atoms with Crippen LogP contribution in [0.15, 0.2) is 18.2 Å². The summed E-state index contributed by atoms with van der Waals surface area (Å²) in [7, 11) is 0.